The fourth-order valence-corrected chi connectivity index (χ4v) is 3.83. The normalized spacial score (nSPS) is 10.4. The maximum absolute atomic E-state index is 13.7. The maximum Gasteiger partial charge on any atom is 0.252 e. The number of halogens is 2. The highest BCUT2D eigenvalue weighted by atomic mass is 127. The summed E-state index contributed by atoms with van der Waals surface area (Å²) >= 11 is 3.34. The minimum atomic E-state index is -0.374. The topological polar surface area (TPSA) is 71.1 Å². The zero-order chi connectivity index (χ0) is 19.2. The fourth-order valence-electron chi connectivity index (χ4n) is 2.34. The Morgan fingerprint density at radius 3 is 2.63 bits per heavy atom. The number of benzene rings is 2. The summed E-state index contributed by atoms with van der Waals surface area (Å²) in [7, 11) is 0. The second kappa shape index (κ2) is 9.05. The van der Waals surface area contributed by atoms with E-state index in [1.165, 1.54) is 17.4 Å². The molecule has 0 aliphatic rings. The molecule has 3 rings (SSSR count). The van der Waals surface area contributed by atoms with Gasteiger partial charge < -0.3 is 10.6 Å². The highest BCUT2D eigenvalue weighted by Gasteiger charge is 2.12. The van der Waals surface area contributed by atoms with E-state index in [0.717, 1.165) is 8.45 Å². The molecular weight excluding hydrogens is 480 g/mol. The lowest BCUT2D eigenvalue weighted by Gasteiger charge is -2.06. The van der Waals surface area contributed by atoms with Crippen LogP contribution in [-0.2, 0) is 11.2 Å². The molecule has 0 spiro atoms. The third-order valence-electron chi connectivity index (χ3n) is 3.65. The molecule has 0 unspecified atom stereocenters. The molecule has 27 heavy (non-hydrogen) atoms. The van der Waals surface area contributed by atoms with E-state index in [1.54, 1.807) is 36.5 Å². The van der Waals surface area contributed by atoms with Crippen LogP contribution in [0.25, 0.3) is 0 Å². The molecule has 0 saturated heterocycles. The average Bonchev–Trinajstić information content (AvgIpc) is 3.09. The van der Waals surface area contributed by atoms with Crippen LogP contribution in [0.3, 0.4) is 0 Å². The van der Waals surface area contributed by atoms with E-state index in [2.05, 4.69) is 38.2 Å². The van der Waals surface area contributed by atoms with Crippen molar-refractivity contribution < 1.29 is 14.0 Å². The van der Waals surface area contributed by atoms with Crippen LogP contribution in [0, 0.1) is 9.39 Å². The van der Waals surface area contributed by atoms with Crippen LogP contribution in [0.15, 0.2) is 54.7 Å². The van der Waals surface area contributed by atoms with Crippen LogP contribution in [0.5, 0.6) is 0 Å². The molecule has 1 heterocycles. The Labute approximate surface area is 173 Å². The molecule has 0 fully saturated rings. The highest BCUT2D eigenvalue weighted by molar-refractivity contribution is 14.1. The minimum Gasteiger partial charge on any atom is -0.343 e. The smallest absolute Gasteiger partial charge is 0.252 e. The summed E-state index contributed by atoms with van der Waals surface area (Å²) in [5, 5.41) is 5.64. The van der Waals surface area contributed by atoms with Crippen LogP contribution in [0.2, 0.25) is 0 Å². The molecule has 2 N–H and O–H groups in total. The summed E-state index contributed by atoms with van der Waals surface area (Å²) in [6, 6.07) is 13.7. The van der Waals surface area contributed by atoms with Crippen molar-refractivity contribution in [2.24, 2.45) is 0 Å². The van der Waals surface area contributed by atoms with E-state index in [4.69, 9.17) is 0 Å². The highest BCUT2D eigenvalue weighted by Crippen LogP contribution is 2.22. The number of carbonyl (C=O) groups excluding carboxylic acids is 2. The molecule has 5 nitrogen and oxygen atoms in total. The monoisotopic (exact) mass is 495 g/mol. The summed E-state index contributed by atoms with van der Waals surface area (Å²) in [4.78, 5) is 29.1. The molecular formula is C19H15FIN3O2S. The molecule has 1 aromatic heterocycles. The first-order chi connectivity index (χ1) is 13.0. The number of rotatable bonds is 6. The van der Waals surface area contributed by atoms with E-state index in [1.807, 2.05) is 12.1 Å². The lowest BCUT2D eigenvalue weighted by Crippen LogP contribution is -2.33. The number of nitrogens with one attached hydrogen (secondary N) is 2. The van der Waals surface area contributed by atoms with Crippen molar-refractivity contribution in [1.82, 2.24) is 10.3 Å². The molecule has 138 valence electrons. The van der Waals surface area contributed by atoms with Gasteiger partial charge >= 0.3 is 0 Å². The van der Waals surface area contributed by atoms with Crippen molar-refractivity contribution in [3.8, 4) is 0 Å². The number of carbonyl (C=O) groups is 2. The molecule has 0 atom stereocenters. The molecule has 0 saturated carbocycles. The van der Waals surface area contributed by atoms with Crippen molar-refractivity contribution in [1.29, 1.82) is 0 Å². The second-order valence-electron chi connectivity index (χ2n) is 5.61. The number of anilines is 1. The van der Waals surface area contributed by atoms with Crippen molar-refractivity contribution in [3.05, 3.63) is 80.1 Å². The molecule has 8 heteroatoms. The zero-order valence-electron chi connectivity index (χ0n) is 14.0. The number of amides is 2. The van der Waals surface area contributed by atoms with Gasteiger partial charge in [-0.15, -0.1) is 11.3 Å². The lowest BCUT2D eigenvalue weighted by atomic mass is 10.1. The minimum absolute atomic E-state index is 0.161. The van der Waals surface area contributed by atoms with Crippen LogP contribution in [0.1, 0.15) is 20.8 Å². The van der Waals surface area contributed by atoms with Gasteiger partial charge in [0.1, 0.15) is 5.82 Å². The number of hydrogen-bond acceptors (Lipinski definition) is 4. The Kier molecular flexibility index (Phi) is 6.51. The van der Waals surface area contributed by atoms with Gasteiger partial charge in [0.05, 0.1) is 12.1 Å². The van der Waals surface area contributed by atoms with Crippen LogP contribution in [0.4, 0.5) is 9.52 Å². The van der Waals surface area contributed by atoms with Crippen molar-refractivity contribution >= 4 is 50.9 Å². The molecule has 2 aromatic carbocycles. The second-order valence-corrected chi connectivity index (χ2v) is 7.89. The van der Waals surface area contributed by atoms with Gasteiger partial charge in [-0.1, -0.05) is 30.3 Å². The predicted molar refractivity (Wildman–Crippen MR) is 111 cm³/mol. The summed E-state index contributed by atoms with van der Waals surface area (Å²) in [6.07, 6.45) is 2.01. The Bertz CT molecular complexity index is 977. The summed E-state index contributed by atoms with van der Waals surface area (Å²) in [6.45, 7) is -0.161. The lowest BCUT2D eigenvalue weighted by molar-refractivity contribution is -0.115. The Balaban J connectivity index is 1.53. The van der Waals surface area contributed by atoms with Gasteiger partial charge in [0.15, 0.2) is 5.13 Å². The maximum atomic E-state index is 13.7. The number of aromatic nitrogens is 1. The van der Waals surface area contributed by atoms with Gasteiger partial charge in [-0.2, -0.15) is 0 Å². The average molecular weight is 495 g/mol. The van der Waals surface area contributed by atoms with Crippen LogP contribution < -0.4 is 10.6 Å². The van der Waals surface area contributed by atoms with E-state index in [9.17, 15) is 14.0 Å². The molecule has 3 aromatic rings. The molecule has 0 aliphatic heterocycles. The number of nitrogens with zero attached hydrogens (tertiary/aromatic N) is 1. The van der Waals surface area contributed by atoms with E-state index < -0.39 is 0 Å². The Morgan fingerprint density at radius 1 is 1.11 bits per heavy atom. The van der Waals surface area contributed by atoms with Crippen LogP contribution in [-0.4, -0.2) is 23.3 Å². The van der Waals surface area contributed by atoms with E-state index in [-0.39, 0.29) is 24.2 Å². The molecule has 0 aliphatic carbocycles. The van der Waals surface area contributed by atoms with Gasteiger partial charge in [-0.25, -0.2) is 9.37 Å². The van der Waals surface area contributed by atoms with Crippen molar-refractivity contribution in [2.75, 3.05) is 11.9 Å². The van der Waals surface area contributed by atoms with Crippen molar-refractivity contribution in [2.45, 2.75) is 6.42 Å². The number of thiazole rings is 1. The number of hydrogen-bond donors (Lipinski definition) is 2. The van der Waals surface area contributed by atoms with E-state index in [0.29, 0.717) is 22.7 Å². The standard InChI is InChI=1S/C19H15FIN3O2S/c20-15-7-3-1-5-12(15)9-13-10-23-19(27-13)24-17(25)11-22-18(26)14-6-2-4-8-16(14)21/h1-8,10H,9,11H2,(H,22,26)(H,23,24,25). The molecule has 0 radical (unpaired) electrons. The largest absolute Gasteiger partial charge is 0.343 e. The van der Waals surface area contributed by atoms with Crippen LogP contribution >= 0.6 is 33.9 Å². The molecule has 2 amide bonds. The van der Waals surface area contributed by atoms with Gasteiger partial charge in [0.2, 0.25) is 5.91 Å². The van der Waals surface area contributed by atoms with Gasteiger partial charge in [0, 0.05) is 21.1 Å². The third kappa shape index (κ3) is 5.33. The fraction of sp³-hybridized carbons (Fsp3) is 0.105. The summed E-state index contributed by atoms with van der Waals surface area (Å²) in [5.41, 5.74) is 1.09. The van der Waals surface area contributed by atoms with Crippen molar-refractivity contribution in [3.63, 3.8) is 0 Å². The Morgan fingerprint density at radius 2 is 1.85 bits per heavy atom. The third-order valence-corrected chi connectivity index (χ3v) is 5.50. The Hall–Kier alpha value is -2.33. The first kappa shape index (κ1) is 19.4. The summed E-state index contributed by atoms with van der Waals surface area (Å²) < 4.78 is 14.5. The van der Waals surface area contributed by atoms with Gasteiger partial charge in [-0.05, 0) is 46.4 Å². The first-order valence-corrected chi connectivity index (χ1v) is 9.93. The first-order valence-electron chi connectivity index (χ1n) is 8.03. The predicted octanol–water partition coefficient (Wildman–Crippen LogP) is 3.85. The zero-order valence-corrected chi connectivity index (χ0v) is 17.0. The quantitative estimate of drug-likeness (QED) is 0.511. The van der Waals surface area contributed by atoms with Gasteiger partial charge in [-0.3, -0.25) is 9.59 Å². The van der Waals surface area contributed by atoms with E-state index >= 15 is 0 Å². The van der Waals surface area contributed by atoms with Gasteiger partial charge in [0.25, 0.3) is 5.91 Å². The summed E-state index contributed by atoms with van der Waals surface area (Å²) in [5.74, 6) is -0.953. The molecule has 0 bridgehead atoms. The SMILES string of the molecule is O=C(CNC(=O)c1ccccc1I)Nc1ncc(Cc2ccccc2F)s1.